The number of H-pyrrole nitrogens is 1. The van der Waals surface area contributed by atoms with Crippen molar-refractivity contribution >= 4 is 22.1 Å². The van der Waals surface area contributed by atoms with Gasteiger partial charge in [-0.05, 0) is 56.1 Å². The van der Waals surface area contributed by atoms with Crippen LogP contribution in [0.5, 0.6) is 0 Å². The number of benzene rings is 2. The quantitative estimate of drug-likeness (QED) is 0.612. The number of rotatable bonds is 4. The number of likely N-dealkylation sites (tertiary alicyclic amines) is 1. The normalized spacial score (nSPS) is 16.6. The molecule has 1 saturated heterocycles. The van der Waals surface area contributed by atoms with Gasteiger partial charge in [0.05, 0.1) is 34.9 Å². The molecule has 5 nitrogen and oxygen atoms in total. The Labute approximate surface area is 152 Å². The van der Waals surface area contributed by atoms with E-state index in [2.05, 4.69) is 61.9 Å². The Morgan fingerprint density at radius 2 is 1.73 bits per heavy atom. The topological polar surface area (TPSA) is 49.7 Å². The van der Waals surface area contributed by atoms with Crippen molar-refractivity contribution in [3.8, 4) is 0 Å². The maximum Gasteiger partial charge on any atom is 0.121 e. The largest absolute Gasteiger partial charge is 0.341 e. The van der Waals surface area contributed by atoms with Crippen molar-refractivity contribution in [2.45, 2.75) is 25.9 Å². The van der Waals surface area contributed by atoms with Crippen LogP contribution in [-0.4, -0.2) is 37.5 Å². The molecule has 26 heavy (non-hydrogen) atoms. The van der Waals surface area contributed by atoms with Crippen LogP contribution in [0.4, 0.5) is 0 Å². The van der Waals surface area contributed by atoms with E-state index < -0.39 is 0 Å². The van der Waals surface area contributed by atoms with E-state index in [4.69, 9.17) is 4.98 Å². The molecule has 1 aliphatic heterocycles. The number of piperidine rings is 1. The van der Waals surface area contributed by atoms with Gasteiger partial charge in [0, 0.05) is 6.54 Å². The van der Waals surface area contributed by atoms with Crippen molar-refractivity contribution in [3.05, 3.63) is 60.7 Å². The summed E-state index contributed by atoms with van der Waals surface area (Å²) in [7, 11) is 0. The summed E-state index contributed by atoms with van der Waals surface area (Å²) in [5.74, 6) is 1.80. The van der Waals surface area contributed by atoms with E-state index in [1.54, 1.807) is 0 Å². The van der Waals surface area contributed by atoms with Crippen molar-refractivity contribution in [3.63, 3.8) is 0 Å². The Morgan fingerprint density at radius 3 is 2.58 bits per heavy atom. The third-order valence-corrected chi connectivity index (χ3v) is 5.50. The molecule has 132 valence electrons. The SMILES string of the molecule is c1ccc2[nH]c(CN3CCC(Cn4cnc5ccccc54)CC3)nc2c1. The molecule has 0 amide bonds. The molecule has 0 unspecified atom stereocenters. The van der Waals surface area contributed by atoms with Gasteiger partial charge in [0.2, 0.25) is 0 Å². The van der Waals surface area contributed by atoms with Crippen LogP contribution in [0.15, 0.2) is 54.9 Å². The fourth-order valence-electron chi connectivity index (χ4n) is 4.05. The average Bonchev–Trinajstić information content (AvgIpc) is 3.27. The number of aromatic nitrogens is 4. The van der Waals surface area contributed by atoms with Crippen LogP contribution in [0, 0.1) is 5.92 Å². The van der Waals surface area contributed by atoms with Gasteiger partial charge in [-0.3, -0.25) is 4.90 Å². The van der Waals surface area contributed by atoms with Crippen LogP contribution < -0.4 is 0 Å². The number of fused-ring (bicyclic) bond motifs is 2. The van der Waals surface area contributed by atoms with Gasteiger partial charge in [-0.2, -0.15) is 0 Å². The van der Waals surface area contributed by atoms with Gasteiger partial charge in [0.25, 0.3) is 0 Å². The van der Waals surface area contributed by atoms with E-state index in [1.165, 1.54) is 18.4 Å². The fraction of sp³-hybridized carbons (Fsp3) is 0.333. The highest BCUT2D eigenvalue weighted by atomic mass is 15.2. The zero-order valence-corrected chi connectivity index (χ0v) is 14.8. The van der Waals surface area contributed by atoms with Gasteiger partial charge < -0.3 is 9.55 Å². The molecular formula is C21H23N5. The average molecular weight is 345 g/mol. The predicted molar refractivity (Wildman–Crippen MR) is 104 cm³/mol. The van der Waals surface area contributed by atoms with Crippen LogP contribution in [-0.2, 0) is 13.1 Å². The molecule has 2 aromatic carbocycles. The minimum absolute atomic E-state index is 0.722. The standard InChI is InChI=1S/C21H23N5/c1-2-6-18-17(5-1)23-21(24-18)14-25-11-9-16(10-12-25)13-26-15-22-19-7-3-4-8-20(19)26/h1-8,15-16H,9-14H2,(H,23,24). The number of hydrogen-bond acceptors (Lipinski definition) is 3. The molecule has 1 fully saturated rings. The summed E-state index contributed by atoms with van der Waals surface area (Å²) in [6, 6.07) is 16.6. The summed E-state index contributed by atoms with van der Waals surface area (Å²) in [6.45, 7) is 4.25. The van der Waals surface area contributed by atoms with Crippen LogP contribution in [0.3, 0.4) is 0 Å². The van der Waals surface area contributed by atoms with Crippen molar-refractivity contribution < 1.29 is 0 Å². The molecular weight excluding hydrogens is 322 g/mol. The highest BCUT2D eigenvalue weighted by Gasteiger charge is 2.21. The third-order valence-electron chi connectivity index (χ3n) is 5.50. The maximum absolute atomic E-state index is 4.71. The molecule has 5 rings (SSSR count). The van der Waals surface area contributed by atoms with E-state index in [0.29, 0.717) is 0 Å². The van der Waals surface area contributed by atoms with Gasteiger partial charge in [-0.25, -0.2) is 9.97 Å². The first-order chi connectivity index (χ1) is 12.8. The minimum atomic E-state index is 0.722. The van der Waals surface area contributed by atoms with E-state index in [9.17, 15) is 0 Å². The molecule has 0 bridgehead atoms. The molecule has 0 radical (unpaired) electrons. The molecule has 0 aliphatic carbocycles. The molecule has 0 saturated carbocycles. The lowest BCUT2D eigenvalue weighted by atomic mass is 9.96. The molecule has 1 aliphatic rings. The monoisotopic (exact) mass is 345 g/mol. The molecule has 5 heteroatoms. The first-order valence-corrected chi connectivity index (χ1v) is 9.41. The van der Waals surface area contributed by atoms with Gasteiger partial charge in [0.1, 0.15) is 5.82 Å². The summed E-state index contributed by atoms with van der Waals surface area (Å²) in [4.78, 5) is 15.2. The van der Waals surface area contributed by atoms with Crippen molar-refractivity contribution in [1.82, 2.24) is 24.4 Å². The van der Waals surface area contributed by atoms with Crippen LogP contribution in [0.25, 0.3) is 22.1 Å². The second-order valence-corrected chi connectivity index (χ2v) is 7.31. The first kappa shape index (κ1) is 15.6. The number of imidazole rings is 2. The molecule has 4 aromatic rings. The fourth-order valence-corrected chi connectivity index (χ4v) is 4.05. The van der Waals surface area contributed by atoms with E-state index in [-0.39, 0.29) is 0 Å². The maximum atomic E-state index is 4.71. The van der Waals surface area contributed by atoms with Crippen LogP contribution in [0.2, 0.25) is 0 Å². The van der Waals surface area contributed by atoms with Crippen molar-refractivity contribution in [2.75, 3.05) is 13.1 Å². The lowest BCUT2D eigenvalue weighted by molar-refractivity contribution is 0.165. The predicted octanol–water partition coefficient (Wildman–Crippen LogP) is 3.82. The van der Waals surface area contributed by atoms with Gasteiger partial charge in [-0.1, -0.05) is 24.3 Å². The van der Waals surface area contributed by atoms with E-state index >= 15 is 0 Å². The number of nitrogens with one attached hydrogen (secondary N) is 1. The Hall–Kier alpha value is -2.66. The molecule has 2 aromatic heterocycles. The lowest BCUT2D eigenvalue weighted by Crippen LogP contribution is -2.34. The number of hydrogen-bond donors (Lipinski definition) is 1. The second kappa shape index (κ2) is 6.57. The van der Waals surface area contributed by atoms with Gasteiger partial charge in [-0.15, -0.1) is 0 Å². The number of para-hydroxylation sites is 4. The van der Waals surface area contributed by atoms with Gasteiger partial charge in [0.15, 0.2) is 0 Å². The Bertz CT molecular complexity index is 990. The van der Waals surface area contributed by atoms with Crippen molar-refractivity contribution in [1.29, 1.82) is 0 Å². The number of nitrogens with zero attached hydrogens (tertiary/aromatic N) is 4. The lowest BCUT2D eigenvalue weighted by Gasteiger charge is -2.31. The molecule has 0 spiro atoms. The minimum Gasteiger partial charge on any atom is -0.341 e. The zero-order chi connectivity index (χ0) is 17.3. The van der Waals surface area contributed by atoms with E-state index in [1.807, 2.05) is 12.4 Å². The first-order valence-electron chi connectivity index (χ1n) is 9.41. The summed E-state index contributed by atoms with van der Waals surface area (Å²) in [6.07, 6.45) is 4.45. The summed E-state index contributed by atoms with van der Waals surface area (Å²) >= 11 is 0. The molecule has 1 N–H and O–H groups in total. The summed E-state index contributed by atoms with van der Waals surface area (Å²) < 4.78 is 2.31. The van der Waals surface area contributed by atoms with Crippen LogP contribution in [0.1, 0.15) is 18.7 Å². The number of aromatic amines is 1. The summed E-state index contributed by atoms with van der Waals surface area (Å²) in [5.41, 5.74) is 4.53. The molecule has 0 atom stereocenters. The highest BCUT2D eigenvalue weighted by Crippen LogP contribution is 2.23. The third kappa shape index (κ3) is 2.99. The Balaban J connectivity index is 1.21. The summed E-state index contributed by atoms with van der Waals surface area (Å²) in [5, 5.41) is 0. The highest BCUT2D eigenvalue weighted by molar-refractivity contribution is 5.75. The van der Waals surface area contributed by atoms with Crippen LogP contribution >= 0.6 is 0 Å². The second-order valence-electron chi connectivity index (χ2n) is 7.31. The smallest absolute Gasteiger partial charge is 0.121 e. The Morgan fingerprint density at radius 1 is 0.962 bits per heavy atom. The van der Waals surface area contributed by atoms with Crippen molar-refractivity contribution in [2.24, 2.45) is 5.92 Å². The van der Waals surface area contributed by atoms with Gasteiger partial charge >= 0.3 is 0 Å². The molecule has 3 heterocycles. The Kier molecular flexibility index (Phi) is 3.94. The van der Waals surface area contributed by atoms with E-state index in [0.717, 1.165) is 54.5 Å². The zero-order valence-electron chi connectivity index (χ0n) is 14.8.